The minimum absolute atomic E-state index is 0.607. The summed E-state index contributed by atoms with van der Waals surface area (Å²) in [6.07, 6.45) is 3.54. The molecule has 2 heterocycles. The van der Waals surface area contributed by atoms with Gasteiger partial charge in [0.05, 0.1) is 16.9 Å². The SMILES string of the molecule is Clc1cc2cc(-c3ccccc3)ncc2c2ccnnc12. The van der Waals surface area contributed by atoms with Gasteiger partial charge in [0.1, 0.15) is 5.52 Å². The van der Waals surface area contributed by atoms with Crippen LogP contribution in [0.3, 0.4) is 0 Å². The second-order valence-corrected chi connectivity index (χ2v) is 5.22. The maximum Gasteiger partial charge on any atom is 0.112 e. The monoisotopic (exact) mass is 291 g/mol. The van der Waals surface area contributed by atoms with Crippen LogP contribution in [-0.4, -0.2) is 15.2 Å². The van der Waals surface area contributed by atoms with Gasteiger partial charge in [0.25, 0.3) is 0 Å². The van der Waals surface area contributed by atoms with Crippen LogP contribution in [0.5, 0.6) is 0 Å². The summed E-state index contributed by atoms with van der Waals surface area (Å²) in [5.74, 6) is 0. The maximum atomic E-state index is 6.31. The molecule has 0 amide bonds. The molecule has 2 aromatic heterocycles. The molecule has 0 spiro atoms. The van der Waals surface area contributed by atoms with Crippen molar-refractivity contribution < 1.29 is 0 Å². The van der Waals surface area contributed by atoms with Crippen LogP contribution in [0.15, 0.2) is 60.9 Å². The summed E-state index contributed by atoms with van der Waals surface area (Å²) in [5, 5.41) is 11.7. The standard InChI is InChI=1S/C17H10ClN3/c18-15-8-12-9-16(11-4-2-1-3-5-11)19-10-14(12)13-6-7-20-21-17(13)15/h1-10H. The lowest BCUT2D eigenvalue weighted by Crippen LogP contribution is -1.88. The highest BCUT2D eigenvalue weighted by Gasteiger charge is 2.08. The van der Waals surface area contributed by atoms with E-state index < -0.39 is 0 Å². The highest BCUT2D eigenvalue weighted by atomic mass is 35.5. The van der Waals surface area contributed by atoms with E-state index in [1.807, 2.05) is 48.7 Å². The van der Waals surface area contributed by atoms with Crippen molar-refractivity contribution in [1.82, 2.24) is 15.2 Å². The molecule has 0 N–H and O–H groups in total. The van der Waals surface area contributed by atoms with E-state index in [2.05, 4.69) is 21.2 Å². The number of aromatic nitrogens is 3. The number of rotatable bonds is 1. The third kappa shape index (κ3) is 2.03. The summed E-state index contributed by atoms with van der Waals surface area (Å²) in [5.41, 5.74) is 2.73. The van der Waals surface area contributed by atoms with E-state index in [9.17, 15) is 0 Å². The number of nitrogens with zero attached hydrogens (tertiary/aromatic N) is 3. The van der Waals surface area contributed by atoms with Crippen LogP contribution < -0.4 is 0 Å². The van der Waals surface area contributed by atoms with E-state index in [4.69, 9.17) is 11.6 Å². The number of halogens is 1. The van der Waals surface area contributed by atoms with Crippen LogP contribution in [0.2, 0.25) is 5.02 Å². The normalized spacial score (nSPS) is 11.1. The van der Waals surface area contributed by atoms with Gasteiger partial charge < -0.3 is 0 Å². The van der Waals surface area contributed by atoms with E-state index >= 15 is 0 Å². The highest BCUT2D eigenvalue weighted by molar-refractivity contribution is 6.36. The molecule has 3 nitrogen and oxygen atoms in total. The molecule has 0 saturated carbocycles. The average Bonchev–Trinajstić information content (AvgIpc) is 2.55. The van der Waals surface area contributed by atoms with Crippen LogP contribution >= 0.6 is 11.6 Å². The molecule has 0 atom stereocenters. The van der Waals surface area contributed by atoms with E-state index in [0.29, 0.717) is 10.5 Å². The highest BCUT2D eigenvalue weighted by Crippen LogP contribution is 2.31. The Labute approximate surface area is 126 Å². The van der Waals surface area contributed by atoms with Crippen molar-refractivity contribution in [2.75, 3.05) is 0 Å². The van der Waals surface area contributed by atoms with Crippen molar-refractivity contribution in [2.45, 2.75) is 0 Å². The molecule has 0 aliphatic rings. The first-order chi connectivity index (χ1) is 10.3. The lowest BCUT2D eigenvalue weighted by atomic mass is 10.0. The van der Waals surface area contributed by atoms with Crippen molar-refractivity contribution >= 4 is 33.3 Å². The Morgan fingerprint density at radius 3 is 2.62 bits per heavy atom. The zero-order valence-electron chi connectivity index (χ0n) is 11.0. The van der Waals surface area contributed by atoms with Crippen LogP contribution in [0.25, 0.3) is 32.9 Å². The van der Waals surface area contributed by atoms with Gasteiger partial charge in [0, 0.05) is 22.5 Å². The quantitative estimate of drug-likeness (QED) is 0.485. The Hall–Kier alpha value is -2.52. The van der Waals surface area contributed by atoms with Gasteiger partial charge in [-0.2, -0.15) is 5.10 Å². The van der Waals surface area contributed by atoms with Gasteiger partial charge in [0.2, 0.25) is 0 Å². The maximum absolute atomic E-state index is 6.31. The molecule has 0 aliphatic heterocycles. The Morgan fingerprint density at radius 1 is 0.905 bits per heavy atom. The summed E-state index contributed by atoms with van der Waals surface area (Å²) in [6.45, 7) is 0. The van der Waals surface area contributed by atoms with Crippen LogP contribution in [-0.2, 0) is 0 Å². The largest absolute Gasteiger partial charge is 0.256 e. The van der Waals surface area contributed by atoms with Crippen molar-refractivity contribution in [3.05, 3.63) is 65.9 Å². The first kappa shape index (κ1) is 12.2. The zero-order valence-corrected chi connectivity index (χ0v) is 11.7. The lowest BCUT2D eigenvalue weighted by molar-refractivity contribution is 1.08. The minimum atomic E-state index is 0.607. The molecule has 21 heavy (non-hydrogen) atoms. The van der Waals surface area contributed by atoms with Crippen molar-refractivity contribution in [2.24, 2.45) is 0 Å². The first-order valence-corrected chi connectivity index (χ1v) is 6.96. The molecule has 0 saturated heterocycles. The second kappa shape index (κ2) is 4.79. The molecule has 0 radical (unpaired) electrons. The Kier molecular flexibility index (Phi) is 2.79. The molecule has 100 valence electrons. The Morgan fingerprint density at radius 2 is 1.76 bits per heavy atom. The van der Waals surface area contributed by atoms with Gasteiger partial charge in [-0.25, -0.2) is 0 Å². The third-order valence-electron chi connectivity index (χ3n) is 3.52. The fourth-order valence-corrected chi connectivity index (χ4v) is 2.77. The van der Waals surface area contributed by atoms with Crippen LogP contribution in [0.4, 0.5) is 0 Å². The van der Waals surface area contributed by atoms with E-state index in [0.717, 1.165) is 27.4 Å². The summed E-state index contributed by atoms with van der Waals surface area (Å²) >= 11 is 6.31. The fourth-order valence-electron chi connectivity index (χ4n) is 2.51. The van der Waals surface area contributed by atoms with Gasteiger partial charge in [0.15, 0.2) is 0 Å². The van der Waals surface area contributed by atoms with Crippen LogP contribution in [0, 0.1) is 0 Å². The molecular weight excluding hydrogens is 282 g/mol. The summed E-state index contributed by atoms with van der Waals surface area (Å²) in [6, 6.07) is 16.0. The number of pyridine rings is 1. The molecule has 2 aromatic carbocycles. The molecule has 4 heteroatoms. The third-order valence-corrected chi connectivity index (χ3v) is 3.81. The van der Waals surface area contributed by atoms with E-state index in [1.165, 1.54) is 0 Å². The number of hydrogen-bond acceptors (Lipinski definition) is 3. The molecule has 0 unspecified atom stereocenters. The van der Waals surface area contributed by atoms with E-state index in [-0.39, 0.29) is 0 Å². The van der Waals surface area contributed by atoms with Gasteiger partial charge >= 0.3 is 0 Å². The predicted octanol–water partition coefficient (Wildman–Crippen LogP) is 4.50. The Bertz CT molecular complexity index is 952. The smallest absolute Gasteiger partial charge is 0.112 e. The summed E-state index contributed by atoms with van der Waals surface area (Å²) < 4.78 is 0. The first-order valence-electron chi connectivity index (χ1n) is 6.58. The van der Waals surface area contributed by atoms with Crippen molar-refractivity contribution in [1.29, 1.82) is 0 Å². The van der Waals surface area contributed by atoms with Gasteiger partial charge in [-0.15, -0.1) is 5.10 Å². The molecule has 4 rings (SSSR count). The van der Waals surface area contributed by atoms with Crippen molar-refractivity contribution in [3.8, 4) is 11.3 Å². The van der Waals surface area contributed by atoms with E-state index in [1.54, 1.807) is 6.20 Å². The Balaban J connectivity index is 2.03. The minimum Gasteiger partial charge on any atom is -0.256 e. The van der Waals surface area contributed by atoms with Gasteiger partial charge in [-0.1, -0.05) is 41.9 Å². The van der Waals surface area contributed by atoms with Gasteiger partial charge in [-0.05, 0) is 23.6 Å². The van der Waals surface area contributed by atoms with Crippen molar-refractivity contribution in [3.63, 3.8) is 0 Å². The summed E-state index contributed by atoms with van der Waals surface area (Å²) in [7, 11) is 0. The second-order valence-electron chi connectivity index (χ2n) is 4.81. The number of hydrogen-bond donors (Lipinski definition) is 0. The molecular formula is C17H10ClN3. The molecule has 0 aliphatic carbocycles. The molecule has 0 bridgehead atoms. The topological polar surface area (TPSA) is 38.7 Å². The zero-order chi connectivity index (χ0) is 14.2. The number of benzene rings is 2. The fraction of sp³-hybridized carbons (Fsp3) is 0. The van der Waals surface area contributed by atoms with Gasteiger partial charge in [-0.3, -0.25) is 4.98 Å². The molecule has 0 fully saturated rings. The molecule has 4 aromatic rings. The number of fused-ring (bicyclic) bond motifs is 3. The lowest BCUT2D eigenvalue weighted by Gasteiger charge is -2.07. The van der Waals surface area contributed by atoms with Crippen LogP contribution in [0.1, 0.15) is 0 Å². The average molecular weight is 292 g/mol. The predicted molar refractivity (Wildman–Crippen MR) is 85.3 cm³/mol. The summed E-state index contributed by atoms with van der Waals surface area (Å²) in [4.78, 5) is 4.57.